The molecule has 34 heavy (non-hydrogen) atoms. The number of ether oxygens (including phenoxy) is 2. The number of halogens is 4. The van der Waals surface area contributed by atoms with Crippen LogP contribution >= 0.6 is 0 Å². The van der Waals surface area contributed by atoms with Crippen LogP contribution in [0.2, 0.25) is 0 Å². The smallest absolute Gasteiger partial charge is 0.417 e. The van der Waals surface area contributed by atoms with Crippen LogP contribution < -0.4 is 10.1 Å². The number of amides is 1. The van der Waals surface area contributed by atoms with Crippen LogP contribution in [0.3, 0.4) is 0 Å². The van der Waals surface area contributed by atoms with Gasteiger partial charge >= 0.3 is 6.18 Å². The summed E-state index contributed by atoms with van der Waals surface area (Å²) in [6, 6.07) is 5.09. The average Bonchev–Trinajstić information content (AvgIpc) is 3.07. The standard InChI is InChI=1S/C23H26F4N2O5/c1-11-15(24)6-5-14(19(11)33-4)18-12(2)22(3,23(25,26)27)34-20(18)21(32)29-13-7-8-28-16(9-13)17(31)10-30/h5-9,12,17-18,20,30-31H,10H2,1-4H3,(H,28,29,32)/t12-,17+,18-,20+,22+/m0/s1. The lowest BCUT2D eigenvalue weighted by Gasteiger charge is -2.32. The Hall–Kier alpha value is -2.76. The van der Waals surface area contributed by atoms with Crippen molar-refractivity contribution in [3.8, 4) is 5.75 Å². The zero-order valence-electron chi connectivity index (χ0n) is 19.0. The van der Waals surface area contributed by atoms with Crippen molar-refractivity contribution >= 4 is 11.6 Å². The number of aliphatic hydroxyl groups excluding tert-OH is 2. The molecular formula is C23H26F4N2O5. The highest BCUT2D eigenvalue weighted by molar-refractivity contribution is 5.95. The maximum atomic E-state index is 14.1. The molecular weight excluding hydrogens is 460 g/mol. The summed E-state index contributed by atoms with van der Waals surface area (Å²) in [5, 5.41) is 21.4. The molecule has 5 atom stereocenters. The number of hydrogen-bond acceptors (Lipinski definition) is 6. The molecule has 1 fully saturated rings. The van der Waals surface area contributed by atoms with Gasteiger partial charge in [-0.15, -0.1) is 0 Å². The maximum absolute atomic E-state index is 14.1. The molecule has 1 aliphatic heterocycles. The number of alkyl halides is 3. The van der Waals surface area contributed by atoms with Gasteiger partial charge in [-0.05, 0) is 32.0 Å². The largest absolute Gasteiger partial charge is 0.496 e. The highest BCUT2D eigenvalue weighted by atomic mass is 19.4. The molecule has 1 aromatic carbocycles. The van der Waals surface area contributed by atoms with Crippen LogP contribution in [-0.2, 0) is 9.53 Å². The quantitative estimate of drug-likeness (QED) is 0.539. The molecule has 186 valence electrons. The number of hydrogen-bond donors (Lipinski definition) is 3. The third kappa shape index (κ3) is 4.47. The predicted molar refractivity (Wildman–Crippen MR) is 114 cm³/mol. The number of methoxy groups -OCH3 is 1. The van der Waals surface area contributed by atoms with E-state index in [0.717, 1.165) is 13.0 Å². The van der Waals surface area contributed by atoms with Gasteiger partial charge in [-0.25, -0.2) is 4.39 Å². The van der Waals surface area contributed by atoms with E-state index in [9.17, 15) is 27.5 Å². The number of carbonyl (C=O) groups is 1. The summed E-state index contributed by atoms with van der Waals surface area (Å²) < 4.78 is 67.0. The zero-order valence-corrected chi connectivity index (χ0v) is 19.0. The second-order valence-corrected chi connectivity index (χ2v) is 8.41. The number of carbonyl (C=O) groups excluding carboxylic acids is 1. The first kappa shape index (κ1) is 25.9. The number of aromatic nitrogens is 1. The molecule has 11 heteroatoms. The summed E-state index contributed by atoms with van der Waals surface area (Å²) in [5.74, 6) is -3.78. The van der Waals surface area contributed by atoms with Gasteiger partial charge in [0, 0.05) is 34.8 Å². The monoisotopic (exact) mass is 486 g/mol. The second-order valence-electron chi connectivity index (χ2n) is 8.41. The molecule has 1 saturated heterocycles. The number of anilines is 1. The first-order valence-corrected chi connectivity index (χ1v) is 10.5. The highest BCUT2D eigenvalue weighted by Gasteiger charge is 2.65. The molecule has 0 radical (unpaired) electrons. The lowest BCUT2D eigenvalue weighted by molar-refractivity contribution is -0.272. The average molecular weight is 486 g/mol. The fraction of sp³-hybridized carbons (Fsp3) is 0.478. The molecule has 3 rings (SSSR count). The highest BCUT2D eigenvalue weighted by Crippen LogP contribution is 2.55. The summed E-state index contributed by atoms with van der Waals surface area (Å²) in [7, 11) is 1.27. The van der Waals surface area contributed by atoms with Crippen LogP contribution in [0.25, 0.3) is 0 Å². The Morgan fingerprint density at radius 1 is 1.35 bits per heavy atom. The molecule has 3 N–H and O–H groups in total. The summed E-state index contributed by atoms with van der Waals surface area (Å²) in [5.41, 5.74) is -2.14. The zero-order chi connectivity index (χ0) is 25.4. The fourth-order valence-corrected chi connectivity index (χ4v) is 4.26. The molecule has 0 saturated carbocycles. The van der Waals surface area contributed by atoms with Crippen LogP contribution in [0.5, 0.6) is 5.75 Å². The number of benzene rings is 1. The molecule has 0 bridgehead atoms. The number of nitrogens with one attached hydrogen (secondary N) is 1. The molecule has 0 aliphatic carbocycles. The van der Waals surface area contributed by atoms with Gasteiger partial charge in [-0.1, -0.05) is 13.0 Å². The minimum absolute atomic E-state index is 0.0435. The lowest BCUT2D eigenvalue weighted by Crippen LogP contribution is -2.47. The first-order valence-electron chi connectivity index (χ1n) is 10.5. The second kappa shape index (κ2) is 9.47. The van der Waals surface area contributed by atoms with Crippen LogP contribution in [0.15, 0.2) is 30.5 Å². The van der Waals surface area contributed by atoms with Crippen molar-refractivity contribution in [3.63, 3.8) is 0 Å². The predicted octanol–water partition coefficient (Wildman–Crippen LogP) is 3.64. The minimum Gasteiger partial charge on any atom is -0.496 e. The van der Waals surface area contributed by atoms with E-state index in [1.807, 2.05) is 0 Å². The van der Waals surface area contributed by atoms with E-state index in [1.165, 1.54) is 45.4 Å². The van der Waals surface area contributed by atoms with Gasteiger partial charge < -0.3 is 25.0 Å². The summed E-state index contributed by atoms with van der Waals surface area (Å²) >= 11 is 0. The van der Waals surface area contributed by atoms with E-state index in [2.05, 4.69) is 10.3 Å². The third-order valence-electron chi connectivity index (χ3n) is 6.42. The van der Waals surface area contributed by atoms with Crippen LogP contribution in [0.1, 0.15) is 42.7 Å². The molecule has 0 unspecified atom stereocenters. The maximum Gasteiger partial charge on any atom is 0.417 e. The van der Waals surface area contributed by atoms with Crippen molar-refractivity contribution in [2.75, 3.05) is 19.0 Å². The van der Waals surface area contributed by atoms with Gasteiger partial charge in [-0.2, -0.15) is 13.2 Å². The number of aliphatic hydroxyl groups is 2. The van der Waals surface area contributed by atoms with E-state index >= 15 is 0 Å². The topological polar surface area (TPSA) is 101 Å². The molecule has 2 heterocycles. The van der Waals surface area contributed by atoms with Gasteiger partial charge in [0.2, 0.25) is 0 Å². The Morgan fingerprint density at radius 2 is 2.03 bits per heavy atom. The summed E-state index contributed by atoms with van der Waals surface area (Å²) in [4.78, 5) is 17.1. The van der Waals surface area contributed by atoms with Gasteiger partial charge in [0.25, 0.3) is 5.91 Å². The van der Waals surface area contributed by atoms with Crippen LogP contribution in [-0.4, -0.2) is 52.7 Å². The van der Waals surface area contributed by atoms with Crippen molar-refractivity contribution in [3.05, 3.63) is 53.1 Å². The molecule has 1 aliphatic rings. The third-order valence-corrected chi connectivity index (χ3v) is 6.42. The van der Waals surface area contributed by atoms with Crippen LogP contribution in [0.4, 0.5) is 23.2 Å². The van der Waals surface area contributed by atoms with Gasteiger partial charge in [0.15, 0.2) is 5.60 Å². The number of pyridine rings is 1. The van der Waals surface area contributed by atoms with Crippen molar-refractivity contribution in [1.29, 1.82) is 0 Å². The van der Waals surface area contributed by atoms with E-state index < -0.39 is 54.2 Å². The Kier molecular flexibility index (Phi) is 7.20. The van der Waals surface area contributed by atoms with E-state index in [1.54, 1.807) is 0 Å². The Labute approximate surface area is 193 Å². The SMILES string of the molecule is COc1c([C@H]2[C@H](C(=O)Nc3ccnc([C@H](O)CO)c3)O[C@@](C)(C(F)(F)F)[C@H]2C)ccc(F)c1C. The van der Waals surface area contributed by atoms with Crippen molar-refractivity contribution in [1.82, 2.24) is 4.98 Å². The van der Waals surface area contributed by atoms with Crippen molar-refractivity contribution in [2.45, 2.75) is 50.7 Å². The molecule has 0 spiro atoms. The van der Waals surface area contributed by atoms with Gasteiger partial charge in [0.05, 0.1) is 19.4 Å². The molecule has 7 nitrogen and oxygen atoms in total. The van der Waals surface area contributed by atoms with E-state index in [0.29, 0.717) is 0 Å². The fourth-order valence-electron chi connectivity index (χ4n) is 4.26. The summed E-state index contributed by atoms with van der Waals surface area (Å²) in [6.45, 7) is 3.03. The minimum atomic E-state index is -4.79. The Bertz CT molecular complexity index is 1060. The van der Waals surface area contributed by atoms with Gasteiger partial charge in [-0.3, -0.25) is 9.78 Å². The number of nitrogens with zero attached hydrogens (tertiary/aromatic N) is 1. The summed E-state index contributed by atoms with van der Waals surface area (Å²) in [6.07, 6.45) is -6.42. The molecule has 1 aromatic heterocycles. The normalized spacial score (nSPS) is 25.8. The van der Waals surface area contributed by atoms with Crippen LogP contribution in [0, 0.1) is 18.7 Å². The molecule has 2 aromatic rings. The lowest BCUT2D eigenvalue weighted by atomic mass is 9.76. The first-order chi connectivity index (χ1) is 15.9. The Morgan fingerprint density at radius 3 is 2.62 bits per heavy atom. The van der Waals surface area contributed by atoms with Crippen molar-refractivity contribution < 1.29 is 42.0 Å². The van der Waals surface area contributed by atoms with Crippen molar-refractivity contribution in [2.24, 2.45) is 5.92 Å². The van der Waals surface area contributed by atoms with E-state index in [4.69, 9.17) is 14.6 Å². The number of rotatable bonds is 6. The molecule has 1 amide bonds. The Balaban J connectivity index is 2.05. The van der Waals surface area contributed by atoms with Gasteiger partial charge in [0.1, 0.15) is 23.8 Å². The van der Waals surface area contributed by atoms with E-state index in [-0.39, 0.29) is 28.3 Å².